The second-order valence-electron chi connectivity index (χ2n) is 9.66. The first-order chi connectivity index (χ1) is 17.0. The Bertz CT molecular complexity index is 1290. The van der Waals surface area contributed by atoms with Crippen LogP contribution in [-0.2, 0) is 4.79 Å². The number of nitrogens with zero attached hydrogens (tertiary/aromatic N) is 2. The summed E-state index contributed by atoms with van der Waals surface area (Å²) >= 11 is 0. The fourth-order valence-electron chi connectivity index (χ4n) is 4.53. The number of amides is 1. The number of hydroxylamine groups is 2. The van der Waals surface area contributed by atoms with Crippen molar-refractivity contribution in [3.63, 3.8) is 0 Å². The van der Waals surface area contributed by atoms with Crippen LogP contribution in [0.4, 0.5) is 8.63 Å². The molecule has 3 aromatic carbocycles. The van der Waals surface area contributed by atoms with E-state index in [9.17, 15) is 18.6 Å². The van der Waals surface area contributed by atoms with E-state index in [1.54, 1.807) is 6.07 Å². The lowest BCUT2D eigenvalue weighted by Gasteiger charge is -2.43. The van der Waals surface area contributed by atoms with Crippen LogP contribution in [0.3, 0.4) is 0 Å². The van der Waals surface area contributed by atoms with Crippen molar-refractivity contribution in [2.75, 3.05) is 0 Å². The average molecular weight is 504 g/mol. The molecule has 3 aromatic rings. The van der Waals surface area contributed by atoms with Gasteiger partial charge in [0.1, 0.15) is 17.3 Å². The Morgan fingerprint density at radius 3 is 1.97 bits per heavy atom. The quantitative estimate of drug-likeness (QED) is 0.310. The van der Waals surface area contributed by atoms with Crippen LogP contribution < -0.4 is 20.3 Å². The fourth-order valence-corrected chi connectivity index (χ4v) is 8.94. The summed E-state index contributed by atoms with van der Waals surface area (Å²) in [6.07, 6.45) is 1.26. The first kappa shape index (κ1) is 25.5. The van der Waals surface area contributed by atoms with Crippen LogP contribution in [0.1, 0.15) is 33.3 Å². The van der Waals surface area contributed by atoms with Crippen molar-refractivity contribution < 1.29 is 23.1 Å². The van der Waals surface area contributed by atoms with Gasteiger partial charge in [-0.1, -0.05) is 87.5 Å². The molecule has 4 rings (SSSR count). The lowest BCUT2D eigenvalue weighted by Crippen LogP contribution is -2.68. The molecule has 1 N–H and O–H groups in total. The zero-order valence-electron chi connectivity index (χ0n) is 20.6. The van der Waals surface area contributed by atoms with Gasteiger partial charge in [-0.3, -0.25) is 18.6 Å². The van der Waals surface area contributed by atoms with Gasteiger partial charge in [-0.25, -0.2) is 4.99 Å². The van der Waals surface area contributed by atoms with Crippen molar-refractivity contribution in [3.8, 4) is 5.75 Å². The summed E-state index contributed by atoms with van der Waals surface area (Å²) in [5.74, 6) is -0.361. The van der Waals surface area contributed by atoms with Gasteiger partial charge in [-0.15, -0.1) is 0 Å². The largest absolute Gasteiger partial charge is 0.572 e. The second kappa shape index (κ2) is 9.83. The summed E-state index contributed by atoms with van der Waals surface area (Å²) < 4.78 is 35.2. The van der Waals surface area contributed by atoms with Gasteiger partial charge in [0.25, 0.3) is 0 Å². The summed E-state index contributed by atoms with van der Waals surface area (Å²) in [5.41, 5.74) is -0.262. The molecular weight excluding hydrogens is 477 g/mol. The lowest BCUT2D eigenvalue weighted by molar-refractivity contribution is -0.142. The summed E-state index contributed by atoms with van der Waals surface area (Å²) in [6.45, 7) is 7.78. The molecule has 0 atom stereocenters. The van der Waals surface area contributed by atoms with E-state index in [1.165, 1.54) is 25.1 Å². The predicted molar refractivity (Wildman–Crippen MR) is 142 cm³/mol. The summed E-state index contributed by atoms with van der Waals surface area (Å²) in [5, 5.41) is 11.8. The van der Waals surface area contributed by atoms with E-state index < -0.39 is 21.5 Å². The highest BCUT2D eigenvalue weighted by Crippen LogP contribution is 2.37. The molecule has 1 aliphatic rings. The molecule has 36 heavy (non-hydrogen) atoms. The maximum Gasteiger partial charge on any atom is 0.572 e. The molecule has 0 unspecified atom stereocenters. The Kier molecular flexibility index (Phi) is 6.97. The highest BCUT2D eigenvalue weighted by atomic mass is 28.4. The van der Waals surface area contributed by atoms with E-state index in [1.807, 2.05) is 60.7 Å². The average Bonchev–Trinajstić information content (AvgIpc) is 3.09. The van der Waals surface area contributed by atoms with Gasteiger partial charge in [0.2, 0.25) is 0 Å². The van der Waals surface area contributed by atoms with Crippen molar-refractivity contribution >= 4 is 49.2 Å². The van der Waals surface area contributed by atoms with Crippen LogP contribution in [-0.4, -0.2) is 37.6 Å². The Labute approximate surface area is 211 Å². The Balaban J connectivity index is 1.85. The van der Waals surface area contributed by atoms with Crippen molar-refractivity contribution in [1.29, 1.82) is 0 Å². The molecule has 5 nitrogen and oxygen atoms in total. The number of rotatable bonds is 6. The van der Waals surface area contributed by atoms with Crippen LogP contribution in [0.25, 0.3) is 6.08 Å². The van der Waals surface area contributed by atoms with E-state index >= 15 is 0 Å². The van der Waals surface area contributed by atoms with Gasteiger partial charge in [-0.05, 0) is 46.1 Å². The summed E-state index contributed by atoms with van der Waals surface area (Å²) in [7, 11) is -5.82. The van der Waals surface area contributed by atoms with Crippen molar-refractivity contribution in [2.24, 2.45) is 4.99 Å². The van der Waals surface area contributed by atoms with Crippen LogP contribution >= 0.6 is 0 Å². The SMILES string of the molecule is CC1=N/C(=C/c2ccc(O[Si](c3ccccc3)(c3ccccc3)C(C)(C)C)cc2B(F)F)C(=O)N1O. The molecule has 1 aliphatic heterocycles. The fraction of sp³-hybridized carbons (Fsp3) is 0.185. The summed E-state index contributed by atoms with van der Waals surface area (Å²) in [6, 6.07) is 24.3. The molecule has 0 spiro atoms. The van der Waals surface area contributed by atoms with Gasteiger partial charge in [0.05, 0.1) is 0 Å². The zero-order chi connectivity index (χ0) is 26.1. The van der Waals surface area contributed by atoms with Crippen LogP contribution in [0.5, 0.6) is 5.75 Å². The van der Waals surface area contributed by atoms with E-state index in [4.69, 9.17) is 4.43 Å². The molecule has 0 aliphatic carbocycles. The number of benzene rings is 3. The highest BCUT2D eigenvalue weighted by Gasteiger charge is 2.52. The first-order valence-electron chi connectivity index (χ1n) is 11.6. The van der Waals surface area contributed by atoms with E-state index in [0.717, 1.165) is 10.4 Å². The molecule has 0 fully saturated rings. The third-order valence-corrected chi connectivity index (χ3v) is 11.2. The molecule has 0 bridgehead atoms. The Morgan fingerprint density at radius 1 is 0.972 bits per heavy atom. The molecule has 1 amide bonds. The van der Waals surface area contributed by atoms with Crippen LogP contribution in [0.2, 0.25) is 5.04 Å². The molecule has 184 valence electrons. The van der Waals surface area contributed by atoms with E-state index in [2.05, 4.69) is 25.8 Å². The normalized spacial score (nSPS) is 15.3. The number of carbonyl (C=O) groups excluding carboxylic acids is 1. The number of hydrogen-bond donors (Lipinski definition) is 1. The third-order valence-electron chi connectivity index (χ3n) is 6.27. The zero-order valence-corrected chi connectivity index (χ0v) is 21.6. The Morgan fingerprint density at radius 2 is 1.53 bits per heavy atom. The molecule has 9 heteroatoms. The van der Waals surface area contributed by atoms with Crippen molar-refractivity contribution in [2.45, 2.75) is 32.7 Å². The standard InChI is InChI=1S/C27H27BF2N2O3Si/c1-19-31-25(26(33)32(19)34)17-20-15-16-21(18-24(20)28(29)30)35-36(27(2,3)4,22-11-7-5-8-12-22)23-13-9-6-10-14-23/h5-18,34H,1-4H3/b25-17+. The highest BCUT2D eigenvalue weighted by molar-refractivity contribution is 7.00. The predicted octanol–water partition coefficient (Wildman–Crippen LogP) is 4.25. The monoisotopic (exact) mass is 504 g/mol. The van der Waals surface area contributed by atoms with Crippen LogP contribution in [0, 0.1) is 0 Å². The van der Waals surface area contributed by atoms with E-state index in [0.29, 0.717) is 10.8 Å². The van der Waals surface area contributed by atoms with Gasteiger partial charge in [-0.2, -0.15) is 5.06 Å². The maximum absolute atomic E-state index is 14.2. The number of amidine groups is 1. The first-order valence-corrected chi connectivity index (χ1v) is 13.5. The minimum Gasteiger partial charge on any atom is -0.534 e. The van der Waals surface area contributed by atoms with Crippen LogP contribution in [0.15, 0.2) is 89.6 Å². The number of aliphatic imine (C=N–C) groups is 1. The van der Waals surface area contributed by atoms with Crippen molar-refractivity contribution in [1.82, 2.24) is 5.06 Å². The number of halogens is 2. The molecule has 0 saturated carbocycles. The molecule has 0 radical (unpaired) electrons. The maximum atomic E-state index is 14.2. The third kappa shape index (κ3) is 4.64. The second-order valence-corrected chi connectivity index (χ2v) is 13.9. The van der Waals surface area contributed by atoms with E-state index in [-0.39, 0.29) is 27.6 Å². The van der Waals surface area contributed by atoms with Gasteiger partial charge < -0.3 is 4.43 Å². The molecule has 1 heterocycles. The topological polar surface area (TPSA) is 62.1 Å². The van der Waals surface area contributed by atoms with Crippen molar-refractivity contribution in [3.05, 3.63) is 90.1 Å². The minimum atomic E-state index is -3.01. The van der Waals surface area contributed by atoms with Gasteiger partial charge in [0.15, 0.2) is 0 Å². The molecular formula is C27H27BF2N2O3Si. The minimum absolute atomic E-state index is 0.0801. The smallest absolute Gasteiger partial charge is 0.534 e. The van der Waals surface area contributed by atoms with Gasteiger partial charge >= 0.3 is 21.5 Å². The molecule has 0 aromatic heterocycles. The molecule has 0 saturated heterocycles. The number of hydrogen-bond acceptors (Lipinski definition) is 4. The number of carbonyl (C=O) groups is 1. The lowest BCUT2D eigenvalue weighted by atomic mass is 9.81. The Hall–Kier alpha value is -3.56. The summed E-state index contributed by atoms with van der Waals surface area (Å²) in [4.78, 5) is 16.1. The van der Waals surface area contributed by atoms with Gasteiger partial charge in [0, 0.05) is 5.46 Å².